The zero-order valence-electron chi connectivity index (χ0n) is 11.6. The fourth-order valence-electron chi connectivity index (χ4n) is 1.83. The first kappa shape index (κ1) is 18.3. The lowest BCUT2D eigenvalue weighted by atomic mass is 10.2. The van der Waals surface area contributed by atoms with Crippen molar-refractivity contribution in [2.45, 2.75) is 18.0 Å². The summed E-state index contributed by atoms with van der Waals surface area (Å²) in [5.41, 5.74) is -0.117. The molecule has 124 valence electrons. The number of halogens is 5. The second-order valence-corrected chi connectivity index (χ2v) is 8.16. The number of nitrogens with one attached hydrogen (secondary N) is 1. The average molecular weight is 473 g/mol. The van der Waals surface area contributed by atoms with E-state index in [1.54, 1.807) is 19.1 Å². The van der Waals surface area contributed by atoms with Crippen LogP contribution in [0.4, 0.5) is 18.9 Å². The number of hydrogen-bond donors (Lipinski definition) is 1. The van der Waals surface area contributed by atoms with E-state index in [4.69, 9.17) is 0 Å². The van der Waals surface area contributed by atoms with Gasteiger partial charge in [0.05, 0.1) is 16.1 Å². The maximum atomic E-state index is 12.9. The first-order chi connectivity index (χ1) is 10.5. The van der Waals surface area contributed by atoms with Gasteiger partial charge in [-0.05, 0) is 48.9 Å². The second-order valence-electron chi connectivity index (χ2n) is 4.70. The van der Waals surface area contributed by atoms with Gasteiger partial charge in [0.15, 0.2) is 0 Å². The molecule has 3 nitrogen and oxygen atoms in total. The Balaban J connectivity index is 2.44. The third kappa shape index (κ3) is 4.27. The lowest BCUT2D eigenvalue weighted by molar-refractivity contribution is -0.138. The van der Waals surface area contributed by atoms with Crippen LogP contribution in [0.2, 0.25) is 0 Å². The predicted octanol–water partition coefficient (Wildman–Crippen LogP) is 5.34. The Bertz CT molecular complexity index is 852. The Labute approximate surface area is 148 Å². The average Bonchev–Trinajstić information content (AvgIpc) is 2.41. The molecular weight excluding hydrogens is 463 g/mol. The molecule has 0 bridgehead atoms. The third-order valence-electron chi connectivity index (χ3n) is 2.99. The molecule has 2 aromatic rings. The molecule has 0 unspecified atom stereocenters. The van der Waals surface area contributed by atoms with E-state index in [1.165, 1.54) is 6.07 Å². The van der Waals surface area contributed by atoms with E-state index in [9.17, 15) is 21.6 Å². The van der Waals surface area contributed by atoms with Crippen molar-refractivity contribution < 1.29 is 21.6 Å². The summed E-state index contributed by atoms with van der Waals surface area (Å²) in [6, 6.07) is 7.62. The topological polar surface area (TPSA) is 46.2 Å². The highest BCUT2D eigenvalue weighted by atomic mass is 79.9. The molecule has 0 saturated carbocycles. The molecule has 0 aliphatic heterocycles. The summed E-state index contributed by atoms with van der Waals surface area (Å²) in [6.07, 6.45) is -4.65. The fourth-order valence-corrected chi connectivity index (χ4v) is 3.94. The zero-order valence-corrected chi connectivity index (χ0v) is 15.6. The van der Waals surface area contributed by atoms with Gasteiger partial charge in [-0.2, -0.15) is 13.2 Å². The molecular formula is C14H10Br2F3NO2S. The van der Waals surface area contributed by atoms with Crippen molar-refractivity contribution in [1.29, 1.82) is 0 Å². The van der Waals surface area contributed by atoms with Crippen LogP contribution in [0.15, 0.2) is 50.2 Å². The summed E-state index contributed by atoms with van der Waals surface area (Å²) in [5, 5.41) is 0. The van der Waals surface area contributed by atoms with Crippen LogP contribution in [0.3, 0.4) is 0 Å². The molecule has 0 saturated heterocycles. The molecule has 0 aliphatic rings. The summed E-state index contributed by atoms with van der Waals surface area (Å²) >= 11 is 6.03. The summed E-state index contributed by atoms with van der Waals surface area (Å²) in [4.78, 5) is -0.463. The molecule has 0 aromatic heterocycles. The molecule has 2 rings (SSSR count). The van der Waals surface area contributed by atoms with Gasteiger partial charge in [-0.1, -0.05) is 31.9 Å². The quantitative estimate of drug-likeness (QED) is 0.655. The van der Waals surface area contributed by atoms with Crippen molar-refractivity contribution in [3.63, 3.8) is 0 Å². The van der Waals surface area contributed by atoms with E-state index >= 15 is 0 Å². The third-order valence-corrected chi connectivity index (χ3v) is 5.53. The van der Waals surface area contributed by atoms with Crippen molar-refractivity contribution in [3.05, 3.63) is 56.5 Å². The van der Waals surface area contributed by atoms with E-state index in [0.29, 0.717) is 17.3 Å². The molecule has 0 aliphatic carbocycles. The van der Waals surface area contributed by atoms with Crippen LogP contribution in [-0.4, -0.2) is 8.42 Å². The zero-order chi connectivity index (χ0) is 17.4. The smallest absolute Gasteiger partial charge is 0.279 e. The molecule has 0 fully saturated rings. The van der Waals surface area contributed by atoms with Gasteiger partial charge >= 0.3 is 6.18 Å². The Morgan fingerprint density at radius 2 is 1.70 bits per heavy atom. The van der Waals surface area contributed by atoms with Crippen LogP contribution in [-0.2, 0) is 16.2 Å². The van der Waals surface area contributed by atoms with Crippen LogP contribution >= 0.6 is 31.9 Å². The normalized spacial score (nSPS) is 12.3. The highest BCUT2D eigenvalue weighted by molar-refractivity contribution is 9.10. The highest BCUT2D eigenvalue weighted by Crippen LogP contribution is 2.36. The van der Waals surface area contributed by atoms with Gasteiger partial charge in [-0.15, -0.1) is 0 Å². The minimum atomic E-state index is -4.65. The molecule has 0 heterocycles. The number of rotatable bonds is 3. The number of anilines is 1. The van der Waals surface area contributed by atoms with Crippen molar-refractivity contribution in [1.82, 2.24) is 0 Å². The lowest BCUT2D eigenvalue weighted by Gasteiger charge is -2.14. The Kier molecular flexibility index (Phi) is 5.12. The maximum absolute atomic E-state index is 12.9. The van der Waals surface area contributed by atoms with Crippen molar-refractivity contribution in [2.24, 2.45) is 0 Å². The summed E-state index contributed by atoms with van der Waals surface area (Å²) in [6.45, 7) is 1.69. The summed E-state index contributed by atoms with van der Waals surface area (Å²) in [7, 11) is -4.13. The van der Waals surface area contributed by atoms with Gasteiger partial charge in [0.2, 0.25) is 0 Å². The van der Waals surface area contributed by atoms with Gasteiger partial charge in [0, 0.05) is 8.95 Å². The predicted molar refractivity (Wildman–Crippen MR) is 88.8 cm³/mol. The molecule has 2 aromatic carbocycles. The van der Waals surface area contributed by atoms with Crippen LogP contribution in [0.1, 0.15) is 11.1 Å². The van der Waals surface area contributed by atoms with E-state index in [2.05, 4.69) is 36.6 Å². The van der Waals surface area contributed by atoms with Crippen LogP contribution in [0, 0.1) is 6.92 Å². The van der Waals surface area contributed by atoms with Crippen molar-refractivity contribution >= 4 is 47.6 Å². The van der Waals surface area contributed by atoms with Crippen molar-refractivity contribution in [3.8, 4) is 0 Å². The molecule has 23 heavy (non-hydrogen) atoms. The van der Waals surface area contributed by atoms with E-state index < -0.39 is 26.7 Å². The number of benzene rings is 2. The molecule has 0 atom stereocenters. The van der Waals surface area contributed by atoms with Gasteiger partial charge in [0.25, 0.3) is 10.0 Å². The summed E-state index contributed by atoms with van der Waals surface area (Å²) < 4.78 is 66.2. The largest absolute Gasteiger partial charge is 0.417 e. The lowest BCUT2D eigenvalue weighted by Crippen LogP contribution is -2.15. The van der Waals surface area contributed by atoms with Gasteiger partial charge < -0.3 is 0 Å². The van der Waals surface area contributed by atoms with Crippen LogP contribution < -0.4 is 4.72 Å². The van der Waals surface area contributed by atoms with E-state index in [-0.39, 0.29) is 4.47 Å². The van der Waals surface area contributed by atoms with Crippen LogP contribution in [0.25, 0.3) is 0 Å². The Morgan fingerprint density at radius 3 is 2.26 bits per heavy atom. The molecule has 0 spiro atoms. The molecule has 0 amide bonds. The van der Waals surface area contributed by atoms with Gasteiger partial charge in [-0.25, -0.2) is 8.42 Å². The molecule has 1 N–H and O–H groups in total. The van der Waals surface area contributed by atoms with Gasteiger partial charge in [0.1, 0.15) is 0 Å². The maximum Gasteiger partial charge on any atom is 0.417 e. The fraction of sp³-hybridized carbons (Fsp3) is 0.143. The summed E-state index contributed by atoms with van der Waals surface area (Å²) in [5.74, 6) is 0. The Morgan fingerprint density at radius 1 is 1.04 bits per heavy atom. The standard InChI is InChI=1S/C14H10Br2F3NO2S/c1-8-6-9(15)2-5-13(8)20-23(21,22)10-3-4-12(16)11(7-10)14(17,18)19/h2-7,20H,1H3. The number of hydrogen-bond acceptors (Lipinski definition) is 2. The van der Waals surface area contributed by atoms with Crippen LogP contribution in [0.5, 0.6) is 0 Å². The molecule has 0 radical (unpaired) electrons. The van der Waals surface area contributed by atoms with Gasteiger partial charge in [-0.3, -0.25) is 4.72 Å². The van der Waals surface area contributed by atoms with Crippen molar-refractivity contribution in [2.75, 3.05) is 4.72 Å². The first-order valence-electron chi connectivity index (χ1n) is 6.16. The SMILES string of the molecule is Cc1cc(Br)ccc1NS(=O)(=O)c1ccc(Br)c(C(F)(F)F)c1. The number of alkyl halides is 3. The Hall–Kier alpha value is -1.06. The minimum Gasteiger partial charge on any atom is -0.279 e. The second kappa shape index (κ2) is 6.45. The van der Waals surface area contributed by atoms with E-state index in [1.807, 2.05) is 0 Å². The van der Waals surface area contributed by atoms with E-state index in [0.717, 1.165) is 16.6 Å². The monoisotopic (exact) mass is 471 g/mol. The highest BCUT2D eigenvalue weighted by Gasteiger charge is 2.34. The minimum absolute atomic E-state index is 0.219. The first-order valence-corrected chi connectivity index (χ1v) is 9.23. The number of sulfonamides is 1. The molecule has 9 heteroatoms. The number of aryl methyl sites for hydroxylation is 1.